The van der Waals surface area contributed by atoms with Gasteiger partial charge >= 0.3 is 0 Å². The molecule has 0 radical (unpaired) electrons. The molecule has 0 aliphatic rings. The Kier molecular flexibility index (Phi) is 5.06. The number of amides is 1. The predicted octanol–water partition coefficient (Wildman–Crippen LogP) is 1.75. The van der Waals surface area contributed by atoms with Crippen molar-refractivity contribution in [3.63, 3.8) is 0 Å². The van der Waals surface area contributed by atoms with Gasteiger partial charge in [0.25, 0.3) is 11.6 Å². The van der Waals surface area contributed by atoms with Crippen molar-refractivity contribution in [1.82, 2.24) is 5.32 Å². The normalized spacial score (nSPS) is 11.9. The summed E-state index contributed by atoms with van der Waals surface area (Å²) in [6.45, 7) is 1.66. The van der Waals surface area contributed by atoms with Gasteiger partial charge in [0, 0.05) is 11.6 Å². The van der Waals surface area contributed by atoms with Gasteiger partial charge in [-0.15, -0.1) is 0 Å². The van der Waals surface area contributed by atoms with Crippen molar-refractivity contribution in [2.45, 2.75) is 19.4 Å². The molecule has 0 aliphatic heterocycles. The van der Waals surface area contributed by atoms with Gasteiger partial charge in [-0.05, 0) is 18.6 Å². The van der Waals surface area contributed by atoms with Crippen LogP contribution in [0.1, 0.15) is 23.7 Å². The summed E-state index contributed by atoms with van der Waals surface area (Å²) in [7, 11) is 0. The highest BCUT2D eigenvalue weighted by molar-refractivity contribution is 6.33. The molecule has 0 saturated heterocycles. The molecule has 0 spiro atoms. The zero-order chi connectivity index (χ0) is 13.7. The molecule has 98 valence electrons. The molecule has 1 aromatic rings. The van der Waals surface area contributed by atoms with Gasteiger partial charge in [0.2, 0.25) is 0 Å². The molecule has 1 amide bonds. The number of nitro benzene ring substituents is 1. The molecule has 6 nitrogen and oxygen atoms in total. The second kappa shape index (κ2) is 6.32. The van der Waals surface area contributed by atoms with E-state index < -0.39 is 10.8 Å². The van der Waals surface area contributed by atoms with E-state index in [9.17, 15) is 14.9 Å². The van der Waals surface area contributed by atoms with Crippen LogP contribution in [0.25, 0.3) is 0 Å². The quantitative estimate of drug-likeness (QED) is 0.631. The molecule has 0 bridgehead atoms. The highest BCUT2D eigenvalue weighted by Gasteiger charge is 2.16. The SMILES string of the molecule is CCC(CO)NC(=O)c1ccc([N+](=O)[O-])c(Cl)c1. The number of nitrogens with one attached hydrogen (secondary N) is 1. The molecule has 0 fully saturated rings. The first-order valence-electron chi connectivity index (χ1n) is 5.35. The minimum absolute atomic E-state index is 0.0929. The first-order chi connectivity index (χ1) is 8.49. The Bertz CT molecular complexity index is 460. The first kappa shape index (κ1) is 14.4. The highest BCUT2D eigenvalue weighted by atomic mass is 35.5. The molecule has 1 unspecified atom stereocenters. The van der Waals surface area contributed by atoms with Gasteiger partial charge in [-0.25, -0.2) is 0 Å². The number of nitrogens with zero attached hydrogens (tertiary/aromatic N) is 1. The fourth-order valence-corrected chi connectivity index (χ4v) is 1.59. The van der Waals surface area contributed by atoms with Gasteiger partial charge in [-0.1, -0.05) is 18.5 Å². The smallest absolute Gasteiger partial charge is 0.287 e. The van der Waals surface area contributed by atoms with Gasteiger partial charge in [0.1, 0.15) is 5.02 Å². The van der Waals surface area contributed by atoms with Crippen LogP contribution in [-0.4, -0.2) is 28.6 Å². The molecule has 18 heavy (non-hydrogen) atoms. The Morgan fingerprint density at radius 1 is 1.61 bits per heavy atom. The molecule has 0 saturated carbocycles. The topological polar surface area (TPSA) is 92.5 Å². The summed E-state index contributed by atoms with van der Waals surface area (Å²) in [5, 5.41) is 22.0. The molecule has 0 aliphatic carbocycles. The van der Waals surface area contributed by atoms with Crippen LogP contribution in [0.15, 0.2) is 18.2 Å². The standard InChI is InChI=1S/C11H13ClN2O4/c1-2-8(6-15)13-11(16)7-3-4-10(14(17)18)9(12)5-7/h3-5,8,15H,2,6H2,1H3,(H,13,16). The number of carbonyl (C=O) groups is 1. The first-order valence-corrected chi connectivity index (χ1v) is 5.73. The van der Waals surface area contributed by atoms with Gasteiger partial charge in [-0.2, -0.15) is 0 Å². The number of halogens is 1. The van der Waals surface area contributed by atoms with Crippen molar-refractivity contribution in [3.8, 4) is 0 Å². The molecule has 0 heterocycles. The number of carbonyl (C=O) groups excluding carboxylic acids is 1. The zero-order valence-corrected chi connectivity index (χ0v) is 10.5. The Morgan fingerprint density at radius 3 is 2.72 bits per heavy atom. The molecule has 0 aromatic heterocycles. The van der Waals surface area contributed by atoms with Gasteiger partial charge in [-0.3, -0.25) is 14.9 Å². The van der Waals surface area contributed by atoms with Gasteiger partial charge in [0.15, 0.2) is 0 Å². The maximum Gasteiger partial charge on any atom is 0.287 e. The van der Waals surface area contributed by atoms with Crippen molar-refractivity contribution in [1.29, 1.82) is 0 Å². The average molecular weight is 273 g/mol. The maximum absolute atomic E-state index is 11.8. The van der Waals surface area contributed by atoms with E-state index in [4.69, 9.17) is 16.7 Å². The van der Waals surface area contributed by atoms with Crippen molar-refractivity contribution in [3.05, 3.63) is 38.9 Å². The minimum Gasteiger partial charge on any atom is -0.394 e. The van der Waals surface area contributed by atoms with E-state index in [2.05, 4.69) is 5.32 Å². The van der Waals surface area contributed by atoms with E-state index >= 15 is 0 Å². The maximum atomic E-state index is 11.8. The third-order valence-electron chi connectivity index (χ3n) is 2.45. The largest absolute Gasteiger partial charge is 0.394 e. The molecule has 1 atom stereocenters. The number of hydrogen-bond acceptors (Lipinski definition) is 4. The second-order valence-corrected chi connectivity index (χ2v) is 4.09. The third-order valence-corrected chi connectivity index (χ3v) is 2.76. The van der Waals surface area contributed by atoms with Crippen molar-refractivity contribution >= 4 is 23.2 Å². The van der Waals surface area contributed by atoms with Crippen LogP contribution in [-0.2, 0) is 0 Å². The van der Waals surface area contributed by atoms with Crippen LogP contribution >= 0.6 is 11.6 Å². The Labute approximate surface area is 109 Å². The van der Waals surface area contributed by atoms with Crippen LogP contribution < -0.4 is 5.32 Å². The van der Waals surface area contributed by atoms with Crippen molar-refractivity contribution in [2.75, 3.05) is 6.61 Å². The average Bonchev–Trinajstić information content (AvgIpc) is 2.34. The molecule has 1 aromatic carbocycles. The number of benzene rings is 1. The molecular weight excluding hydrogens is 260 g/mol. The monoisotopic (exact) mass is 272 g/mol. The second-order valence-electron chi connectivity index (χ2n) is 3.68. The minimum atomic E-state index is -0.618. The van der Waals surface area contributed by atoms with Crippen LogP contribution in [0.5, 0.6) is 0 Å². The van der Waals surface area contributed by atoms with E-state index in [1.807, 2.05) is 6.92 Å². The number of hydrogen-bond donors (Lipinski definition) is 2. The highest BCUT2D eigenvalue weighted by Crippen LogP contribution is 2.24. The fourth-order valence-electron chi connectivity index (χ4n) is 1.34. The number of aliphatic hydroxyl groups is 1. The fraction of sp³-hybridized carbons (Fsp3) is 0.364. The van der Waals surface area contributed by atoms with E-state index in [1.54, 1.807) is 0 Å². The lowest BCUT2D eigenvalue weighted by Crippen LogP contribution is -2.36. The Morgan fingerprint density at radius 2 is 2.28 bits per heavy atom. The lowest BCUT2D eigenvalue weighted by Gasteiger charge is -2.13. The summed E-state index contributed by atoms with van der Waals surface area (Å²) in [6, 6.07) is 3.39. The van der Waals surface area contributed by atoms with Crippen LogP contribution in [0.3, 0.4) is 0 Å². The van der Waals surface area contributed by atoms with Gasteiger partial charge in [0.05, 0.1) is 17.6 Å². The summed E-state index contributed by atoms with van der Waals surface area (Å²) in [6.07, 6.45) is 0.586. The van der Waals surface area contributed by atoms with E-state index in [1.165, 1.54) is 18.2 Å². The summed E-state index contributed by atoms with van der Waals surface area (Å²) >= 11 is 5.70. The lowest BCUT2D eigenvalue weighted by molar-refractivity contribution is -0.384. The molecule has 7 heteroatoms. The van der Waals surface area contributed by atoms with E-state index in [-0.39, 0.29) is 28.9 Å². The summed E-state index contributed by atoms with van der Waals surface area (Å²) < 4.78 is 0. The predicted molar refractivity (Wildman–Crippen MR) is 66.7 cm³/mol. The molecular formula is C11H13ClN2O4. The summed E-state index contributed by atoms with van der Waals surface area (Å²) in [5.74, 6) is -0.423. The van der Waals surface area contributed by atoms with E-state index in [0.29, 0.717) is 6.42 Å². The lowest BCUT2D eigenvalue weighted by atomic mass is 10.1. The van der Waals surface area contributed by atoms with Crippen molar-refractivity contribution < 1.29 is 14.8 Å². The number of aliphatic hydroxyl groups excluding tert-OH is 1. The molecule has 1 rings (SSSR count). The molecule has 2 N–H and O–H groups in total. The van der Waals surface area contributed by atoms with Crippen molar-refractivity contribution in [2.24, 2.45) is 0 Å². The van der Waals surface area contributed by atoms with E-state index in [0.717, 1.165) is 0 Å². The summed E-state index contributed by atoms with van der Waals surface area (Å²) in [5.41, 5.74) is -0.0279. The van der Waals surface area contributed by atoms with Gasteiger partial charge < -0.3 is 10.4 Å². The Balaban J connectivity index is 2.88. The Hall–Kier alpha value is -1.66. The number of rotatable bonds is 5. The summed E-state index contributed by atoms with van der Waals surface area (Å²) in [4.78, 5) is 21.7. The van der Waals surface area contributed by atoms with Crippen LogP contribution in [0, 0.1) is 10.1 Å². The zero-order valence-electron chi connectivity index (χ0n) is 9.72. The third kappa shape index (κ3) is 3.41. The van der Waals surface area contributed by atoms with Crippen LogP contribution in [0.4, 0.5) is 5.69 Å². The van der Waals surface area contributed by atoms with Crippen LogP contribution in [0.2, 0.25) is 5.02 Å². The number of nitro groups is 1.